The summed E-state index contributed by atoms with van der Waals surface area (Å²) in [6.07, 6.45) is 1.71. The molecule has 0 aromatic carbocycles. The van der Waals surface area contributed by atoms with Gasteiger partial charge in [-0.1, -0.05) is 13.8 Å². The van der Waals surface area contributed by atoms with Gasteiger partial charge in [0, 0.05) is 12.6 Å². The first-order chi connectivity index (χ1) is 6.92. The average Bonchev–Trinajstić information content (AvgIpc) is 2.54. The minimum absolute atomic E-state index is 0.126. The molecule has 86 valence electrons. The summed E-state index contributed by atoms with van der Waals surface area (Å²) in [5.41, 5.74) is 6.07. The fraction of sp³-hybridized carbons (Fsp3) is 0.667. The summed E-state index contributed by atoms with van der Waals surface area (Å²) in [7, 11) is 2.09. The average molecular weight is 210 g/mol. The first kappa shape index (κ1) is 12.3. The van der Waals surface area contributed by atoms with E-state index in [1.54, 1.807) is 6.26 Å². The Hall–Kier alpha value is -0.800. The minimum Gasteiger partial charge on any atom is -0.468 e. The van der Waals surface area contributed by atoms with E-state index in [1.165, 1.54) is 0 Å². The monoisotopic (exact) mass is 210 g/mol. The molecule has 1 atom stereocenters. The van der Waals surface area contributed by atoms with Gasteiger partial charge in [-0.2, -0.15) is 0 Å². The van der Waals surface area contributed by atoms with Crippen molar-refractivity contribution < 1.29 is 4.42 Å². The lowest BCUT2D eigenvalue weighted by atomic mass is 9.85. The summed E-state index contributed by atoms with van der Waals surface area (Å²) in [5, 5.41) is 0. The number of nitrogens with two attached hydrogens (primary N) is 1. The Balaban J connectivity index is 2.45. The molecule has 0 spiro atoms. The van der Waals surface area contributed by atoms with Crippen molar-refractivity contribution >= 4 is 0 Å². The molecule has 0 aliphatic heterocycles. The highest BCUT2D eigenvalue weighted by atomic mass is 16.3. The molecule has 0 radical (unpaired) electrons. The Bertz CT molecular complexity index is 278. The van der Waals surface area contributed by atoms with Gasteiger partial charge < -0.3 is 10.2 Å². The van der Waals surface area contributed by atoms with Crippen LogP contribution in [0.2, 0.25) is 0 Å². The maximum Gasteiger partial charge on any atom is 0.117 e. The summed E-state index contributed by atoms with van der Waals surface area (Å²) in [5.74, 6) is 0.998. The van der Waals surface area contributed by atoms with Crippen LogP contribution in [0.5, 0.6) is 0 Å². The Morgan fingerprint density at radius 1 is 1.53 bits per heavy atom. The zero-order valence-electron chi connectivity index (χ0n) is 10.2. The highest BCUT2D eigenvalue weighted by Gasteiger charge is 2.24. The third kappa shape index (κ3) is 3.68. The minimum atomic E-state index is 0.126. The van der Waals surface area contributed by atoms with Crippen molar-refractivity contribution in [1.29, 1.82) is 0 Å². The highest BCUT2D eigenvalue weighted by molar-refractivity contribution is 4.98. The quantitative estimate of drug-likeness (QED) is 0.809. The van der Waals surface area contributed by atoms with Crippen molar-refractivity contribution in [1.82, 2.24) is 4.90 Å². The molecule has 1 unspecified atom stereocenters. The summed E-state index contributed by atoms with van der Waals surface area (Å²) in [6.45, 7) is 8.24. The third-order valence-electron chi connectivity index (χ3n) is 2.92. The van der Waals surface area contributed by atoms with Gasteiger partial charge in [0.05, 0.1) is 12.8 Å². The SMILES string of the molecule is CC(N)C(C)(C)CN(C)Cc1ccco1. The van der Waals surface area contributed by atoms with Gasteiger partial charge in [0.15, 0.2) is 0 Å². The van der Waals surface area contributed by atoms with E-state index in [1.807, 2.05) is 12.1 Å². The van der Waals surface area contributed by atoms with E-state index >= 15 is 0 Å². The summed E-state index contributed by atoms with van der Waals surface area (Å²) in [6, 6.07) is 4.10. The van der Waals surface area contributed by atoms with Gasteiger partial charge in [-0.25, -0.2) is 0 Å². The molecule has 1 aromatic rings. The largest absolute Gasteiger partial charge is 0.468 e. The van der Waals surface area contributed by atoms with Crippen molar-refractivity contribution in [3.8, 4) is 0 Å². The summed E-state index contributed by atoms with van der Waals surface area (Å²) < 4.78 is 5.31. The van der Waals surface area contributed by atoms with Crippen molar-refractivity contribution in [3.05, 3.63) is 24.2 Å². The zero-order chi connectivity index (χ0) is 11.5. The molecule has 0 saturated carbocycles. The predicted octanol–water partition coefficient (Wildman–Crippen LogP) is 2.08. The van der Waals surface area contributed by atoms with E-state index < -0.39 is 0 Å². The van der Waals surface area contributed by atoms with Gasteiger partial charge in [0.1, 0.15) is 5.76 Å². The van der Waals surface area contributed by atoms with Crippen LogP contribution in [0.25, 0.3) is 0 Å². The Morgan fingerprint density at radius 2 is 2.20 bits per heavy atom. The Morgan fingerprint density at radius 3 is 2.67 bits per heavy atom. The first-order valence-corrected chi connectivity index (χ1v) is 5.38. The van der Waals surface area contributed by atoms with E-state index in [2.05, 4.69) is 32.7 Å². The van der Waals surface area contributed by atoms with E-state index in [4.69, 9.17) is 10.2 Å². The van der Waals surface area contributed by atoms with Crippen LogP contribution in [0.4, 0.5) is 0 Å². The first-order valence-electron chi connectivity index (χ1n) is 5.38. The molecule has 0 saturated heterocycles. The van der Waals surface area contributed by atoms with Crippen LogP contribution in [-0.4, -0.2) is 24.5 Å². The van der Waals surface area contributed by atoms with E-state index in [-0.39, 0.29) is 11.5 Å². The molecule has 15 heavy (non-hydrogen) atoms. The van der Waals surface area contributed by atoms with Crippen LogP contribution in [0.1, 0.15) is 26.5 Å². The molecule has 1 rings (SSSR count). The van der Waals surface area contributed by atoms with Gasteiger partial charge in [0.25, 0.3) is 0 Å². The van der Waals surface area contributed by atoms with Crippen LogP contribution in [0, 0.1) is 5.41 Å². The fourth-order valence-corrected chi connectivity index (χ4v) is 1.56. The Labute approximate surface area is 92.2 Å². The molecule has 0 fully saturated rings. The molecule has 0 amide bonds. The fourth-order valence-electron chi connectivity index (χ4n) is 1.56. The van der Waals surface area contributed by atoms with Crippen molar-refractivity contribution in [3.63, 3.8) is 0 Å². The number of hydrogen-bond donors (Lipinski definition) is 1. The second-order valence-electron chi connectivity index (χ2n) is 5.03. The van der Waals surface area contributed by atoms with Crippen molar-refractivity contribution in [2.24, 2.45) is 11.1 Å². The molecule has 1 aromatic heterocycles. The second-order valence-corrected chi connectivity index (χ2v) is 5.03. The molecule has 3 nitrogen and oxygen atoms in total. The van der Waals surface area contributed by atoms with Crippen molar-refractivity contribution in [2.75, 3.05) is 13.6 Å². The normalized spacial score (nSPS) is 14.5. The molecule has 1 heterocycles. The maximum atomic E-state index is 5.94. The number of furan rings is 1. The van der Waals surface area contributed by atoms with E-state index in [0.29, 0.717) is 0 Å². The van der Waals surface area contributed by atoms with Crippen LogP contribution in [0.3, 0.4) is 0 Å². The number of hydrogen-bond acceptors (Lipinski definition) is 3. The van der Waals surface area contributed by atoms with Crippen LogP contribution in [0.15, 0.2) is 22.8 Å². The van der Waals surface area contributed by atoms with Gasteiger partial charge in [-0.3, -0.25) is 4.90 Å². The van der Waals surface area contributed by atoms with Crippen LogP contribution >= 0.6 is 0 Å². The predicted molar refractivity (Wildman–Crippen MR) is 62.5 cm³/mol. The molecule has 0 aliphatic carbocycles. The molecule has 3 heteroatoms. The van der Waals surface area contributed by atoms with Crippen LogP contribution < -0.4 is 5.73 Å². The summed E-state index contributed by atoms with van der Waals surface area (Å²) in [4.78, 5) is 2.24. The molecular formula is C12H22N2O. The van der Waals surface area contributed by atoms with Gasteiger partial charge >= 0.3 is 0 Å². The maximum absolute atomic E-state index is 5.94. The van der Waals surface area contributed by atoms with E-state index in [0.717, 1.165) is 18.8 Å². The van der Waals surface area contributed by atoms with Crippen molar-refractivity contribution in [2.45, 2.75) is 33.4 Å². The standard InChI is InChI=1S/C12H22N2O/c1-10(13)12(2,3)9-14(4)8-11-6-5-7-15-11/h5-7,10H,8-9,13H2,1-4H3. The number of nitrogens with zero attached hydrogens (tertiary/aromatic N) is 1. The molecule has 0 aliphatic rings. The van der Waals surface area contributed by atoms with Gasteiger partial charge in [0.2, 0.25) is 0 Å². The topological polar surface area (TPSA) is 42.4 Å². The lowest BCUT2D eigenvalue weighted by Crippen LogP contribution is -2.42. The molecule has 0 bridgehead atoms. The molecular weight excluding hydrogens is 188 g/mol. The molecule has 2 N–H and O–H groups in total. The lowest BCUT2D eigenvalue weighted by molar-refractivity contribution is 0.170. The Kier molecular flexibility index (Phi) is 3.94. The number of rotatable bonds is 5. The van der Waals surface area contributed by atoms with E-state index in [9.17, 15) is 0 Å². The highest BCUT2D eigenvalue weighted by Crippen LogP contribution is 2.20. The third-order valence-corrected chi connectivity index (χ3v) is 2.92. The lowest BCUT2D eigenvalue weighted by Gasteiger charge is -2.33. The zero-order valence-corrected chi connectivity index (χ0v) is 10.2. The van der Waals surface area contributed by atoms with Gasteiger partial charge in [-0.15, -0.1) is 0 Å². The van der Waals surface area contributed by atoms with Crippen LogP contribution in [-0.2, 0) is 6.54 Å². The smallest absolute Gasteiger partial charge is 0.117 e. The summed E-state index contributed by atoms with van der Waals surface area (Å²) >= 11 is 0. The second kappa shape index (κ2) is 4.81. The van der Waals surface area contributed by atoms with Gasteiger partial charge in [-0.05, 0) is 31.5 Å².